The Kier molecular flexibility index (Phi) is 6.97. The van der Waals surface area contributed by atoms with Gasteiger partial charge in [-0.1, -0.05) is 24.3 Å². The molecule has 2 rings (SSSR count). The molecule has 0 radical (unpaired) electrons. The Labute approximate surface area is 123 Å². The van der Waals surface area contributed by atoms with Crippen LogP contribution in [0.25, 0.3) is 0 Å². The van der Waals surface area contributed by atoms with Crippen molar-refractivity contribution in [3.8, 4) is 0 Å². The van der Waals surface area contributed by atoms with Crippen LogP contribution in [0.4, 0.5) is 5.69 Å². The van der Waals surface area contributed by atoms with Crippen LogP contribution in [-0.2, 0) is 14.3 Å². The molecule has 0 saturated carbocycles. The summed E-state index contributed by atoms with van der Waals surface area (Å²) in [4.78, 5) is 20.3. The average Bonchev–Trinajstić information content (AvgIpc) is 3.28. The van der Waals surface area contributed by atoms with Crippen molar-refractivity contribution in [3.05, 3.63) is 42.0 Å². The van der Waals surface area contributed by atoms with Gasteiger partial charge in [0.15, 0.2) is 0 Å². The minimum absolute atomic E-state index is 0.0377. The zero-order chi connectivity index (χ0) is 15.7. The molecule has 21 heavy (non-hydrogen) atoms. The second-order valence-electron chi connectivity index (χ2n) is 4.50. The first-order chi connectivity index (χ1) is 9.99. The van der Waals surface area contributed by atoms with Crippen molar-refractivity contribution in [1.82, 2.24) is 0 Å². The van der Waals surface area contributed by atoms with E-state index in [0.29, 0.717) is 5.57 Å². The number of rotatable bonds is 6. The van der Waals surface area contributed by atoms with Gasteiger partial charge in [0, 0.05) is 11.3 Å². The molecule has 1 aromatic rings. The molecule has 1 aromatic carbocycles. The molecular weight excluding hydrogens is 274 g/mol. The Morgan fingerprint density at radius 1 is 1.33 bits per heavy atom. The van der Waals surface area contributed by atoms with Crippen LogP contribution in [0.2, 0.25) is 0 Å². The Morgan fingerprint density at radius 3 is 2.43 bits per heavy atom. The third-order valence-corrected chi connectivity index (χ3v) is 2.64. The van der Waals surface area contributed by atoms with Crippen molar-refractivity contribution in [2.24, 2.45) is 0 Å². The predicted molar refractivity (Wildman–Crippen MR) is 78.3 cm³/mol. The maximum Gasteiger partial charge on any atom is 0.330 e. The minimum Gasteiger partial charge on any atom is -0.480 e. The van der Waals surface area contributed by atoms with Crippen LogP contribution in [0.3, 0.4) is 0 Å². The molecule has 6 nitrogen and oxygen atoms in total. The van der Waals surface area contributed by atoms with Crippen LogP contribution >= 0.6 is 0 Å². The topological polar surface area (TPSA) is 99.2 Å². The average molecular weight is 293 g/mol. The number of anilines is 1. The monoisotopic (exact) mass is 293 g/mol. The van der Waals surface area contributed by atoms with Crippen LogP contribution < -0.4 is 5.32 Å². The molecule has 6 heteroatoms. The van der Waals surface area contributed by atoms with E-state index in [4.69, 9.17) is 14.9 Å². The first-order valence-electron chi connectivity index (χ1n) is 6.51. The van der Waals surface area contributed by atoms with Gasteiger partial charge in [-0.25, -0.2) is 4.79 Å². The van der Waals surface area contributed by atoms with E-state index >= 15 is 0 Å². The summed E-state index contributed by atoms with van der Waals surface area (Å²) in [6, 6.07) is 9.23. The number of carboxylic acid groups (broad SMARTS) is 2. The highest BCUT2D eigenvalue weighted by Gasteiger charge is 2.20. The summed E-state index contributed by atoms with van der Waals surface area (Å²) in [6.45, 7) is 2.33. The molecule has 1 heterocycles. The maximum absolute atomic E-state index is 10.2. The maximum atomic E-state index is 10.2. The normalized spacial score (nSPS) is 16.4. The summed E-state index contributed by atoms with van der Waals surface area (Å²) >= 11 is 0. The zero-order valence-electron chi connectivity index (χ0n) is 11.8. The van der Waals surface area contributed by atoms with Crippen molar-refractivity contribution >= 4 is 17.6 Å². The quantitative estimate of drug-likeness (QED) is 0.548. The third kappa shape index (κ3) is 8.43. The number of ether oxygens (including phenoxy) is 1. The molecule has 3 N–H and O–H groups in total. The van der Waals surface area contributed by atoms with E-state index in [1.807, 2.05) is 30.3 Å². The first-order valence-corrected chi connectivity index (χ1v) is 6.51. The highest BCUT2D eigenvalue weighted by atomic mass is 16.6. The second kappa shape index (κ2) is 8.76. The van der Waals surface area contributed by atoms with E-state index in [-0.39, 0.29) is 12.6 Å². The van der Waals surface area contributed by atoms with Crippen molar-refractivity contribution < 1.29 is 24.5 Å². The smallest absolute Gasteiger partial charge is 0.330 e. The molecule has 1 atom stereocenters. The standard InChI is InChI=1S/C8H9NO2.C7H10O3/c10-8(11)6-9-7-4-2-1-3-5-7;1-5(7(8)9)2-3-6-4-10-6/h1-5,9H,6H2,(H,10,11);2,6H,3-4H2,1H3,(H,8,9). The summed E-state index contributed by atoms with van der Waals surface area (Å²) in [6.07, 6.45) is 2.72. The van der Waals surface area contributed by atoms with Crippen LogP contribution in [0.5, 0.6) is 0 Å². The fourth-order valence-electron chi connectivity index (χ4n) is 1.33. The van der Waals surface area contributed by atoms with E-state index in [1.54, 1.807) is 13.0 Å². The number of carboxylic acids is 2. The largest absolute Gasteiger partial charge is 0.480 e. The Bertz CT molecular complexity index is 494. The lowest BCUT2D eigenvalue weighted by Gasteiger charge is -2.00. The lowest BCUT2D eigenvalue weighted by atomic mass is 10.2. The number of nitrogens with one attached hydrogen (secondary N) is 1. The van der Waals surface area contributed by atoms with Crippen molar-refractivity contribution in [2.45, 2.75) is 19.4 Å². The Morgan fingerprint density at radius 2 is 1.95 bits per heavy atom. The van der Waals surface area contributed by atoms with Crippen molar-refractivity contribution in [1.29, 1.82) is 0 Å². The number of carbonyl (C=O) groups is 2. The van der Waals surface area contributed by atoms with Gasteiger partial charge >= 0.3 is 11.9 Å². The summed E-state index contributed by atoms with van der Waals surface area (Å²) in [5.41, 5.74) is 1.23. The summed E-state index contributed by atoms with van der Waals surface area (Å²) in [5.74, 6) is -1.70. The number of hydrogen-bond donors (Lipinski definition) is 3. The van der Waals surface area contributed by atoms with Crippen LogP contribution in [0.15, 0.2) is 42.0 Å². The molecule has 1 unspecified atom stereocenters. The van der Waals surface area contributed by atoms with Crippen molar-refractivity contribution in [3.63, 3.8) is 0 Å². The SMILES string of the molecule is CC(=CCC1CO1)C(=O)O.O=C(O)CNc1ccccc1. The zero-order valence-corrected chi connectivity index (χ0v) is 11.8. The van der Waals surface area contributed by atoms with E-state index in [1.165, 1.54) is 0 Å². The number of benzene rings is 1. The van der Waals surface area contributed by atoms with Crippen LogP contribution in [-0.4, -0.2) is 41.4 Å². The van der Waals surface area contributed by atoms with Gasteiger partial charge in [-0.15, -0.1) is 0 Å². The summed E-state index contributed by atoms with van der Waals surface area (Å²) in [5, 5.41) is 19.5. The molecule has 0 aromatic heterocycles. The predicted octanol–water partition coefficient (Wildman–Crippen LogP) is 1.99. The number of epoxide rings is 1. The Balaban J connectivity index is 0.000000211. The van der Waals surface area contributed by atoms with Gasteiger partial charge in [-0.05, 0) is 25.5 Å². The lowest BCUT2D eigenvalue weighted by Crippen LogP contribution is -2.11. The van der Waals surface area contributed by atoms with E-state index in [0.717, 1.165) is 18.7 Å². The highest BCUT2D eigenvalue weighted by molar-refractivity contribution is 5.85. The van der Waals surface area contributed by atoms with E-state index < -0.39 is 11.9 Å². The van der Waals surface area contributed by atoms with E-state index in [9.17, 15) is 9.59 Å². The highest BCUT2D eigenvalue weighted by Crippen LogP contribution is 2.14. The van der Waals surface area contributed by atoms with Crippen LogP contribution in [0, 0.1) is 0 Å². The number of aliphatic carboxylic acids is 2. The van der Waals surface area contributed by atoms with Gasteiger partial charge in [-0.3, -0.25) is 4.79 Å². The van der Waals surface area contributed by atoms with Gasteiger partial charge in [-0.2, -0.15) is 0 Å². The van der Waals surface area contributed by atoms with E-state index in [2.05, 4.69) is 5.32 Å². The molecule has 0 amide bonds. The second-order valence-corrected chi connectivity index (χ2v) is 4.50. The van der Waals surface area contributed by atoms with Gasteiger partial charge in [0.1, 0.15) is 6.54 Å². The molecular formula is C15H19NO5. The van der Waals surface area contributed by atoms with Gasteiger partial charge in [0.2, 0.25) is 0 Å². The summed E-state index contributed by atoms with van der Waals surface area (Å²) < 4.78 is 4.90. The molecule has 1 saturated heterocycles. The fourth-order valence-corrected chi connectivity index (χ4v) is 1.33. The van der Waals surface area contributed by atoms with Gasteiger partial charge in [0.05, 0.1) is 12.7 Å². The Hall–Kier alpha value is -2.34. The molecule has 0 spiro atoms. The molecule has 1 aliphatic heterocycles. The molecule has 114 valence electrons. The molecule has 1 fully saturated rings. The van der Waals surface area contributed by atoms with Gasteiger partial charge in [0.25, 0.3) is 0 Å². The molecule has 0 aliphatic carbocycles. The molecule has 0 bridgehead atoms. The summed E-state index contributed by atoms with van der Waals surface area (Å²) in [7, 11) is 0. The van der Waals surface area contributed by atoms with Gasteiger partial charge < -0.3 is 20.3 Å². The lowest BCUT2D eigenvalue weighted by molar-refractivity contribution is -0.135. The van der Waals surface area contributed by atoms with Crippen LogP contribution in [0.1, 0.15) is 13.3 Å². The number of hydrogen-bond acceptors (Lipinski definition) is 4. The van der Waals surface area contributed by atoms with Crippen molar-refractivity contribution in [2.75, 3.05) is 18.5 Å². The minimum atomic E-state index is -0.853. The fraction of sp³-hybridized carbons (Fsp3) is 0.333. The number of para-hydroxylation sites is 1. The molecule has 1 aliphatic rings. The third-order valence-electron chi connectivity index (χ3n) is 2.64. The first kappa shape index (κ1) is 16.7.